The van der Waals surface area contributed by atoms with Gasteiger partial charge in [0.2, 0.25) is 5.91 Å². The van der Waals surface area contributed by atoms with E-state index in [1.165, 1.54) is 11.3 Å². The highest BCUT2D eigenvalue weighted by Gasteiger charge is 2.26. The van der Waals surface area contributed by atoms with Crippen molar-refractivity contribution in [2.24, 2.45) is 5.92 Å². The molecule has 0 aliphatic carbocycles. The second-order valence-electron chi connectivity index (χ2n) is 8.42. The molecule has 0 unspecified atom stereocenters. The molecule has 6 nitrogen and oxygen atoms in total. The highest BCUT2D eigenvalue weighted by molar-refractivity contribution is 5.76. The van der Waals surface area contributed by atoms with Crippen molar-refractivity contribution >= 4 is 11.6 Å². The molecule has 2 aromatic heterocycles. The van der Waals surface area contributed by atoms with Crippen molar-refractivity contribution in [2.45, 2.75) is 39.7 Å². The van der Waals surface area contributed by atoms with Crippen LogP contribution in [0.5, 0.6) is 0 Å². The highest BCUT2D eigenvalue weighted by atomic mass is 16.2. The van der Waals surface area contributed by atoms with Crippen LogP contribution in [0.3, 0.4) is 0 Å². The van der Waals surface area contributed by atoms with Gasteiger partial charge in [0, 0.05) is 45.3 Å². The Kier molecular flexibility index (Phi) is 5.97. The van der Waals surface area contributed by atoms with Crippen molar-refractivity contribution in [1.82, 2.24) is 24.1 Å². The zero-order valence-electron chi connectivity index (χ0n) is 17.3. The summed E-state index contributed by atoms with van der Waals surface area (Å²) >= 11 is 0. The molecule has 28 heavy (non-hydrogen) atoms. The zero-order chi connectivity index (χ0) is 19.5. The minimum Gasteiger partial charge on any atom is -0.340 e. The average Bonchev–Trinajstić information content (AvgIpc) is 3.11. The van der Waals surface area contributed by atoms with Crippen LogP contribution in [0, 0.1) is 12.8 Å². The molecule has 0 aromatic carbocycles. The summed E-state index contributed by atoms with van der Waals surface area (Å²) in [7, 11) is 0. The van der Waals surface area contributed by atoms with Crippen molar-refractivity contribution in [1.29, 1.82) is 0 Å². The van der Waals surface area contributed by atoms with E-state index in [1.54, 1.807) is 0 Å². The number of aromatic nitrogens is 2. The molecule has 2 aliphatic heterocycles. The van der Waals surface area contributed by atoms with Crippen LogP contribution in [0.1, 0.15) is 37.4 Å². The number of imidazole rings is 1. The van der Waals surface area contributed by atoms with E-state index in [-0.39, 0.29) is 0 Å². The molecule has 4 rings (SSSR count). The fraction of sp³-hybridized carbons (Fsp3) is 0.636. The first-order valence-corrected chi connectivity index (χ1v) is 10.8. The Bertz CT molecular complexity index is 800. The summed E-state index contributed by atoms with van der Waals surface area (Å²) in [6, 6.07) is 4.19. The van der Waals surface area contributed by atoms with Crippen LogP contribution >= 0.6 is 0 Å². The third-order valence-electron chi connectivity index (χ3n) is 6.46. The molecule has 2 saturated heterocycles. The Hall–Kier alpha value is -1.92. The number of likely N-dealkylation sites (N-methyl/N-ethyl adjacent to an activating group) is 1. The SMILES string of the molecule is CCN1CCN(C(=O)CC2CCN(Cc3cnc4ccc(C)cn34)CC2)CC1. The van der Waals surface area contributed by atoms with E-state index < -0.39 is 0 Å². The molecule has 2 aliphatic rings. The standard InChI is InChI=1S/C22H33N5O/c1-3-24-10-12-26(13-11-24)22(28)14-19-6-8-25(9-7-19)17-20-15-23-21-5-4-18(2)16-27(20)21/h4-5,15-16,19H,3,6-14,17H2,1-2H3. The monoisotopic (exact) mass is 383 g/mol. The van der Waals surface area contributed by atoms with Crippen molar-refractivity contribution in [3.8, 4) is 0 Å². The van der Waals surface area contributed by atoms with Crippen LogP contribution in [0.25, 0.3) is 5.65 Å². The van der Waals surface area contributed by atoms with Gasteiger partial charge in [-0.15, -0.1) is 0 Å². The van der Waals surface area contributed by atoms with Crippen LogP contribution in [-0.4, -0.2) is 75.8 Å². The molecule has 6 heteroatoms. The van der Waals surface area contributed by atoms with Gasteiger partial charge in [-0.3, -0.25) is 9.69 Å². The van der Waals surface area contributed by atoms with E-state index in [0.717, 1.165) is 77.3 Å². The van der Waals surface area contributed by atoms with Crippen molar-refractivity contribution in [3.05, 3.63) is 35.8 Å². The molecule has 0 bridgehead atoms. The van der Waals surface area contributed by atoms with E-state index in [4.69, 9.17) is 0 Å². The molecule has 2 aromatic rings. The predicted octanol–water partition coefficient (Wildman–Crippen LogP) is 2.41. The van der Waals surface area contributed by atoms with Gasteiger partial charge in [-0.05, 0) is 56.9 Å². The van der Waals surface area contributed by atoms with Crippen LogP contribution in [0.4, 0.5) is 0 Å². The number of fused-ring (bicyclic) bond motifs is 1. The Balaban J connectivity index is 1.25. The lowest BCUT2D eigenvalue weighted by atomic mass is 9.92. The fourth-order valence-corrected chi connectivity index (χ4v) is 4.52. The van der Waals surface area contributed by atoms with Crippen LogP contribution in [0.2, 0.25) is 0 Å². The molecule has 4 heterocycles. The summed E-state index contributed by atoms with van der Waals surface area (Å²) in [5, 5.41) is 0. The third-order valence-corrected chi connectivity index (χ3v) is 6.46. The number of nitrogens with zero attached hydrogens (tertiary/aromatic N) is 5. The summed E-state index contributed by atoms with van der Waals surface area (Å²) in [4.78, 5) is 24.2. The van der Waals surface area contributed by atoms with Crippen molar-refractivity contribution in [2.75, 3.05) is 45.8 Å². The lowest BCUT2D eigenvalue weighted by Gasteiger charge is -2.36. The maximum atomic E-state index is 12.7. The number of aryl methyl sites for hydroxylation is 1. The highest BCUT2D eigenvalue weighted by Crippen LogP contribution is 2.23. The maximum absolute atomic E-state index is 12.7. The largest absolute Gasteiger partial charge is 0.340 e. The average molecular weight is 384 g/mol. The number of carbonyl (C=O) groups excluding carboxylic acids is 1. The number of likely N-dealkylation sites (tertiary alicyclic amines) is 1. The summed E-state index contributed by atoms with van der Waals surface area (Å²) in [6.07, 6.45) is 7.14. The number of hydrogen-bond donors (Lipinski definition) is 0. The summed E-state index contributed by atoms with van der Waals surface area (Å²) in [6.45, 7) is 12.3. The van der Waals surface area contributed by atoms with E-state index in [0.29, 0.717) is 11.8 Å². The number of amides is 1. The second kappa shape index (κ2) is 8.62. The van der Waals surface area contributed by atoms with Crippen LogP contribution in [-0.2, 0) is 11.3 Å². The summed E-state index contributed by atoms with van der Waals surface area (Å²) in [5.74, 6) is 0.906. The Labute approximate surface area is 168 Å². The van der Waals surface area contributed by atoms with Gasteiger partial charge >= 0.3 is 0 Å². The molecular formula is C22H33N5O. The summed E-state index contributed by atoms with van der Waals surface area (Å²) < 4.78 is 2.21. The first-order chi connectivity index (χ1) is 13.6. The molecule has 152 valence electrons. The molecule has 0 N–H and O–H groups in total. The molecule has 0 saturated carbocycles. The molecule has 0 atom stereocenters. The minimum atomic E-state index is 0.367. The Morgan fingerprint density at radius 2 is 1.82 bits per heavy atom. The minimum absolute atomic E-state index is 0.367. The van der Waals surface area contributed by atoms with Gasteiger partial charge in [0.1, 0.15) is 5.65 Å². The Morgan fingerprint density at radius 3 is 2.54 bits per heavy atom. The fourth-order valence-electron chi connectivity index (χ4n) is 4.52. The van der Waals surface area contributed by atoms with E-state index in [2.05, 4.69) is 56.3 Å². The number of hydrogen-bond acceptors (Lipinski definition) is 4. The van der Waals surface area contributed by atoms with E-state index in [1.807, 2.05) is 6.20 Å². The topological polar surface area (TPSA) is 44.1 Å². The van der Waals surface area contributed by atoms with Gasteiger partial charge in [0.05, 0.1) is 11.9 Å². The number of pyridine rings is 1. The number of piperidine rings is 1. The third kappa shape index (κ3) is 4.39. The lowest BCUT2D eigenvalue weighted by Crippen LogP contribution is -2.49. The van der Waals surface area contributed by atoms with E-state index in [9.17, 15) is 4.79 Å². The molecule has 0 spiro atoms. The van der Waals surface area contributed by atoms with Gasteiger partial charge in [-0.1, -0.05) is 13.0 Å². The smallest absolute Gasteiger partial charge is 0.222 e. The van der Waals surface area contributed by atoms with Gasteiger partial charge in [0.15, 0.2) is 0 Å². The van der Waals surface area contributed by atoms with Crippen molar-refractivity contribution < 1.29 is 4.79 Å². The first-order valence-electron chi connectivity index (χ1n) is 10.8. The number of rotatable bonds is 5. The quantitative estimate of drug-likeness (QED) is 0.795. The normalized spacial score (nSPS) is 20.1. The molecule has 0 radical (unpaired) electrons. The molecular weight excluding hydrogens is 350 g/mol. The lowest BCUT2D eigenvalue weighted by molar-refractivity contribution is -0.134. The first kappa shape index (κ1) is 19.4. The van der Waals surface area contributed by atoms with Crippen LogP contribution < -0.4 is 0 Å². The second-order valence-corrected chi connectivity index (χ2v) is 8.42. The van der Waals surface area contributed by atoms with Gasteiger partial charge in [-0.2, -0.15) is 0 Å². The van der Waals surface area contributed by atoms with Gasteiger partial charge in [-0.25, -0.2) is 4.98 Å². The van der Waals surface area contributed by atoms with Crippen molar-refractivity contribution in [3.63, 3.8) is 0 Å². The zero-order valence-corrected chi connectivity index (χ0v) is 17.3. The van der Waals surface area contributed by atoms with Gasteiger partial charge < -0.3 is 14.2 Å². The number of piperazine rings is 1. The van der Waals surface area contributed by atoms with E-state index >= 15 is 0 Å². The maximum Gasteiger partial charge on any atom is 0.222 e. The van der Waals surface area contributed by atoms with Crippen LogP contribution in [0.15, 0.2) is 24.5 Å². The molecule has 2 fully saturated rings. The molecule has 1 amide bonds. The number of carbonyl (C=O) groups is 1. The predicted molar refractivity (Wildman–Crippen MR) is 111 cm³/mol. The van der Waals surface area contributed by atoms with Gasteiger partial charge in [0.25, 0.3) is 0 Å². The Morgan fingerprint density at radius 1 is 1.07 bits per heavy atom. The summed E-state index contributed by atoms with van der Waals surface area (Å²) in [5.41, 5.74) is 3.52.